The summed E-state index contributed by atoms with van der Waals surface area (Å²) in [4.78, 5) is 14.3. The Bertz CT molecular complexity index is 984. The van der Waals surface area contributed by atoms with E-state index in [-0.39, 0.29) is 5.70 Å². The van der Waals surface area contributed by atoms with Gasteiger partial charge in [-0.1, -0.05) is 61.7 Å². The third kappa shape index (κ3) is 6.06. The van der Waals surface area contributed by atoms with Crippen molar-refractivity contribution in [3.8, 4) is 11.1 Å². The molecule has 1 aliphatic heterocycles. The zero-order chi connectivity index (χ0) is 24.0. The number of halogens is 1. The van der Waals surface area contributed by atoms with Crippen LogP contribution in [-0.2, 0) is 16.1 Å². The lowest BCUT2D eigenvalue weighted by Crippen LogP contribution is -2.56. The van der Waals surface area contributed by atoms with E-state index in [1.165, 1.54) is 11.0 Å². The van der Waals surface area contributed by atoms with E-state index in [4.69, 9.17) is 9.94 Å². The molecule has 1 saturated heterocycles. The SMILES string of the molecule is C=C(N[C@H](C(=O)NO)[C@](C)(O)C(=C)F)c1ccc(-c2ccc(CN3CCOCC3)cc2)cc1. The van der Waals surface area contributed by atoms with Crippen LogP contribution in [0.2, 0.25) is 0 Å². The van der Waals surface area contributed by atoms with Crippen LogP contribution in [0.25, 0.3) is 16.8 Å². The van der Waals surface area contributed by atoms with Crippen molar-refractivity contribution < 1.29 is 24.2 Å². The van der Waals surface area contributed by atoms with Crippen LogP contribution in [0.5, 0.6) is 0 Å². The molecule has 1 fully saturated rings. The summed E-state index contributed by atoms with van der Waals surface area (Å²) in [6.45, 7) is 12.4. The van der Waals surface area contributed by atoms with Crippen LogP contribution in [0.15, 0.2) is 67.5 Å². The highest BCUT2D eigenvalue weighted by molar-refractivity contribution is 5.84. The minimum atomic E-state index is -2.25. The van der Waals surface area contributed by atoms with Crippen molar-refractivity contribution in [1.82, 2.24) is 15.7 Å². The molecule has 2 atom stereocenters. The number of morpholine rings is 1. The minimum Gasteiger partial charge on any atom is -0.380 e. The molecule has 2 aromatic carbocycles. The lowest BCUT2D eigenvalue weighted by molar-refractivity contribution is -0.136. The molecule has 8 heteroatoms. The molecule has 0 unspecified atom stereocenters. The van der Waals surface area contributed by atoms with Crippen LogP contribution >= 0.6 is 0 Å². The van der Waals surface area contributed by atoms with Gasteiger partial charge in [0.05, 0.1) is 13.2 Å². The number of hydrogen-bond acceptors (Lipinski definition) is 6. The van der Waals surface area contributed by atoms with Crippen LogP contribution in [0.1, 0.15) is 18.1 Å². The monoisotopic (exact) mass is 455 g/mol. The summed E-state index contributed by atoms with van der Waals surface area (Å²) < 4.78 is 19.1. The number of amides is 1. The predicted molar refractivity (Wildman–Crippen MR) is 125 cm³/mol. The molecule has 0 radical (unpaired) electrons. The lowest BCUT2D eigenvalue weighted by Gasteiger charge is -2.31. The molecule has 0 spiro atoms. The van der Waals surface area contributed by atoms with Crippen molar-refractivity contribution in [2.45, 2.75) is 25.1 Å². The first-order valence-electron chi connectivity index (χ1n) is 10.7. The molecule has 4 N–H and O–H groups in total. The second-order valence-corrected chi connectivity index (χ2v) is 8.25. The molecule has 176 valence electrons. The summed E-state index contributed by atoms with van der Waals surface area (Å²) in [6.07, 6.45) is 0. The Morgan fingerprint density at radius 3 is 2.18 bits per heavy atom. The fourth-order valence-corrected chi connectivity index (χ4v) is 3.62. The smallest absolute Gasteiger partial charge is 0.269 e. The average Bonchev–Trinajstić information content (AvgIpc) is 2.83. The molecule has 1 amide bonds. The van der Waals surface area contributed by atoms with Crippen LogP contribution in [0, 0.1) is 0 Å². The molecule has 0 aromatic heterocycles. The lowest BCUT2D eigenvalue weighted by atomic mass is 9.93. The Morgan fingerprint density at radius 1 is 1.12 bits per heavy atom. The summed E-state index contributed by atoms with van der Waals surface area (Å²) in [6, 6.07) is 14.3. The molecule has 2 aromatic rings. The van der Waals surface area contributed by atoms with E-state index in [2.05, 4.69) is 47.6 Å². The second kappa shape index (κ2) is 10.7. The van der Waals surface area contributed by atoms with Gasteiger partial charge in [0.25, 0.3) is 5.91 Å². The zero-order valence-corrected chi connectivity index (χ0v) is 18.7. The number of aliphatic hydroxyl groups is 1. The summed E-state index contributed by atoms with van der Waals surface area (Å²) in [5, 5.41) is 22.0. The van der Waals surface area contributed by atoms with Gasteiger partial charge in [0.15, 0.2) is 0 Å². The van der Waals surface area contributed by atoms with Gasteiger partial charge in [-0.3, -0.25) is 14.9 Å². The number of nitrogens with zero attached hydrogens (tertiary/aromatic N) is 1. The first-order chi connectivity index (χ1) is 15.7. The Balaban J connectivity index is 1.68. The number of carbonyl (C=O) groups excluding carboxylic acids is 1. The van der Waals surface area contributed by atoms with Gasteiger partial charge in [0, 0.05) is 25.3 Å². The van der Waals surface area contributed by atoms with Gasteiger partial charge in [0.2, 0.25) is 0 Å². The number of rotatable bonds is 9. The van der Waals surface area contributed by atoms with Crippen LogP contribution in [0.4, 0.5) is 4.39 Å². The summed E-state index contributed by atoms with van der Waals surface area (Å²) >= 11 is 0. The number of carbonyl (C=O) groups is 1. The van der Waals surface area contributed by atoms with Crippen molar-refractivity contribution in [3.63, 3.8) is 0 Å². The number of hydroxylamine groups is 1. The van der Waals surface area contributed by atoms with Gasteiger partial charge in [-0.05, 0) is 29.2 Å². The van der Waals surface area contributed by atoms with E-state index in [0.717, 1.165) is 50.9 Å². The van der Waals surface area contributed by atoms with Gasteiger partial charge in [-0.25, -0.2) is 9.87 Å². The summed E-state index contributed by atoms with van der Waals surface area (Å²) in [7, 11) is 0. The maximum atomic E-state index is 13.7. The number of ether oxygens (including phenoxy) is 1. The Kier molecular flexibility index (Phi) is 7.99. The second-order valence-electron chi connectivity index (χ2n) is 8.25. The molecule has 1 aliphatic rings. The first kappa shape index (κ1) is 24.6. The van der Waals surface area contributed by atoms with Gasteiger partial charge in [-0.15, -0.1) is 0 Å². The van der Waals surface area contributed by atoms with Gasteiger partial charge in [-0.2, -0.15) is 0 Å². The Morgan fingerprint density at radius 2 is 1.67 bits per heavy atom. The summed E-state index contributed by atoms with van der Waals surface area (Å²) in [5.74, 6) is -2.14. The van der Waals surface area contributed by atoms with Crippen molar-refractivity contribution in [2.75, 3.05) is 26.3 Å². The van der Waals surface area contributed by atoms with E-state index in [1.54, 1.807) is 12.1 Å². The number of nitrogens with one attached hydrogen (secondary N) is 2. The Labute approximate surface area is 193 Å². The van der Waals surface area contributed by atoms with Crippen LogP contribution in [-0.4, -0.2) is 59.1 Å². The normalized spacial score (nSPS) is 17.0. The number of benzene rings is 2. The van der Waals surface area contributed by atoms with E-state index in [0.29, 0.717) is 5.56 Å². The third-order valence-electron chi connectivity index (χ3n) is 5.83. The summed E-state index contributed by atoms with van der Waals surface area (Å²) in [5.41, 5.74) is 3.38. The molecular weight excluding hydrogens is 425 g/mol. The van der Waals surface area contributed by atoms with Gasteiger partial charge < -0.3 is 15.2 Å². The van der Waals surface area contributed by atoms with Gasteiger partial charge >= 0.3 is 0 Å². The number of hydrogen-bond donors (Lipinski definition) is 4. The molecule has 0 saturated carbocycles. The fraction of sp³-hybridized carbons (Fsp3) is 0.320. The maximum Gasteiger partial charge on any atom is 0.269 e. The third-order valence-corrected chi connectivity index (χ3v) is 5.83. The molecule has 33 heavy (non-hydrogen) atoms. The molecule has 1 heterocycles. The molecular formula is C25H30FN3O4. The first-order valence-corrected chi connectivity index (χ1v) is 10.7. The Hall–Kier alpha value is -3.04. The van der Waals surface area contributed by atoms with Gasteiger partial charge in [0.1, 0.15) is 17.5 Å². The molecule has 3 rings (SSSR count). The quantitative estimate of drug-likeness (QED) is 0.343. The van der Waals surface area contributed by atoms with Crippen molar-refractivity contribution >= 4 is 11.6 Å². The highest BCUT2D eigenvalue weighted by atomic mass is 19.1. The fourth-order valence-electron chi connectivity index (χ4n) is 3.62. The molecule has 0 aliphatic carbocycles. The van der Waals surface area contributed by atoms with Crippen LogP contribution in [0.3, 0.4) is 0 Å². The predicted octanol–water partition coefficient (Wildman–Crippen LogP) is 2.85. The van der Waals surface area contributed by atoms with Crippen molar-refractivity contribution in [2.24, 2.45) is 0 Å². The highest BCUT2D eigenvalue weighted by Gasteiger charge is 2.41. The standard InChI is InChI=1S/C25H30FN3O4/c1-17(27-23(24(30)28-32)25(3,31)18(2)26)20-8-10-22(11-9-20)21-6-4-19(5-7-21)16-29-12-14-33-15-13-29/h4-11,23,27,31-32H,1-2,12-16H2,3H3,(H,28,30)/t23-,25-/m1/s1. The maximum absolute atomic E-state index is 13.7. The van der Waals surface area contributed by atoms with E-state index < -0.39 is 23.4 Å². The largest absolute Gasteiger partial charge is 0.380 e. The van der Waals surface area contributed by atoms with E-state index in [9.17, 15) is 14.3 Å². The topological polar surface area (TPSA) is 94.1 Å². The van der Waals surface area contributed by atoms with E-state index >= 15 is 0 Å². The molecule has 7 nitrogen and oxygen atoms in total. The van der Waals surface area contributed by atoms with Crippen molar-refractivity contribution in [1.29, 1.82) is 0 Å². The highest BCUT2D eigenvalue weighted by Crippen LogP contribution is 2.25. The van der Waals surface area contributed by atoms with E-state index in [1.807, 2.05) is 12.1 Å². The minimum absolute atomic E-state index is 0.275. The van der Waals surface area contributed by atoms with Crippen LogP contribution < -0.4 is 10.8 Å². The average molecular weight is 456 g/mol. The zero-order valence-electron chi connectivity index (χ0n) is 18.7. The molecule has 0 bridgehead atoms. The van der Waals surface area contributed by atoms with Crippen molar-refractivity contribution in [3.05, 3.63) is 78.6 Å².